The van der Waals surface area contributed by atoms with Gasteiger partial charge in [-0.1, -0.05) is 24.6 Å². The van der Waals surface area contributed by atoms with Gasteiger partial charge in [-0.25, -0.2) is 8.78 Å². The molecule has 0 aromatic heterocycles. The SMILES string of the molecule is CCCC1CCC(C[Si]c2ccc(F)c(F)c2)=CO1. The van der Waals surface area contributed by atoms with Gasteiger partial charge in [0, 0.05) is 0 Å². The molecule has 1 atom stereocenters. The summed E-state index contributed by atoms with van der Waals surface area (Å²) in [5.41, 5.74) is 1.27. The van der Waals surface area contributed by atoms with Crippen molar-refractivity contribution in [2.24, 2.45) is 0 Å². The molecule has 0 N–H and O–H groups in total. The highest BCUT2D eigenvalue weighted by atomic mass is 28.2. The van der Waals surface area contributed by atoms with Crippen molar-refractivity contribution < 1.29 is 13.5 Å². The third kappa shape index (κ3) is 4.16. The second kappa shape index (κ2) is 6.85. The molecule has 0 amide bonds. The number of hydrogen-bond acceptors (Lipinski definition) is 1. The quantitative estimate of drug-likeness (QED) is 0.749. The predicted molar refractivity (Wildman–Crippen MR) is 73.7 cm³/mol. The minimum atomic E-state index is -0.781. The molecular weight excluding hydrogens is 262 g/mol. The summed E-state index contributed by atoms with van der Waals surface area (Å²) in [6.45, 7) is 2.16. The van der Waals surface area contributed by atoms with Gasteiger partial charge in [0.25, 0.3) is 0 Å². The molecular formula is C15H18F2OSi. The van der Waals surface area contributed by atoms with Gasteiger partial charge in [0.2, 0.25) is 0 Å². The number of hydrogen-bond donors (Lipinski definition) is 0. The number of halogens is 2. The lowest BCUT2D eigenvalue weighted by molar-refractivity contribution is 0.111. The van der Waals surface area contributed by atoms with Crippen LogP contribution in [0.1, 0.15) is 32.6 Å². The van der Waals surface area contributed by atoms with Crippen LogP contribution in [0.5, 0.6) is 0 Å². The first-order chi connectivity index (χ1) is 9.19. The summed E-state index contributed by atoms with van der Waals surface area (Å²) in [7, 11) is 0.466. The van der Waals surface area contributed by atoms with Crippen LogP contribution in [0, 0.1) is 11.6 Å². The van der Waals surface area contributed by atoms with Crippen molar-refractivity contribution in [2.75, 3.05) is 0 Å². The van der Waals surface area contributed by atoms with E-state index in [1.54, 1.807) is 6.07 Å². The number of benzene rings is 1. The van der Waals surface area contributed by atoms with E-state index < -0.39 is 11.6 Å². The summed E-state index contributed by atoms with van der Waals surface area (Å²) in [4.78, 5) is 0. The van der Waals surface area contributed by atoms with Gasteiger partial charge in [-0.15, -0.1) is 0 Å². The molecule has 1 aromatic rings. The van der Waals surface area contributed by atoms with E-state index in [0.717, 1.165) is 36.9 Å². The number of allylic oxidation sites excluding steroid dienone is 1. The number of rotatable bonds is 5. The Kier molecular flexibility index (Phi) is 5.13. The molecule has 1 nitrogen and oxygen atoms in total. The van der Waals surface area contributed by atoms with Gasteiger partial charge in [0.15, 0.2) is 11.6 Å². The van der Waals surface area contributed by atoms with Crippen molar-refractivity contribution in [3.63, 3.8) is 0 Å². The van der Waals surface area contributed by atoms with E-state index in [4.69, 9.17) is 4.74 Å². The average molecular weight is 280 g/mol. The molecule has 2 radical (unpaired) electrons. The van der Waals surface area contributed by atoms with Crippen molar-refractivity contribution in [3.8, 4) is 0 Å². The topological polar surface area (TPSA) is 9.23 Å². The fraction of sp³-hybridized carbons (Fsp3) is 0.467. The van der Waals surface area contributed by atoms with Crippen LogP contribution in [-0.4, -0.2) is 15.6 Å². The van der Waals surface area contributed by atoms with E-state index in [1.807, 2.05) is 6.26 Å². The first-order valence-corrected chi connectivity index (χ1v) is 7.92. The highest BCUT2D eigenvalue weighted by Crippen LogP contribution is 2.22. The Morgan fingerprint density at radius 3 is 2.79 bits per heavy atom. The van der Waals surface area contributed by atoms with Crippen LogP contribution < -0.4 is 5.19 Å². The maximum atomic E-state index is 13.1. The molecule has 0 fully saturated rings. The lowest BCUT2D eigenvalue weighted by atomic mass is 10.0. The molecule has 0 bridgehead atoms. The van der Waals surface area contributed by atoms with E-state index in [0.29, 0.717) is 15.6 Å². The van der Waals surface area contributed by atoms with Crippen LogP contribution in [0.3, 0.4) is 0 Å². The van der Waals surface area contributed by atoms with Gasteiger partial charge >= 0.3 is 0 Å². The van der Waals surface area contributed by atoms with Crippen molar-refractivity contribution >= 4 is 14.7 Å². The maximum Gasteiger partial charge on any atom is 0.158 e. The van der Waals surface area contributed by atoms with Gasteiger partial charge in [-0.2, -0.15) is 0 Å². The minimum absolute atomic E-state index is 0.361. The standard InChI is InChI=1S/C15H18F2OSi/c1-2-3-12-5-4-11(9-18-12)10-19-13-6-7-14(16)15(17)8-13/h6-9,12H,2-5,10H2,1H3. The fourth-order valence-corrected chi connectivity index (χ4v) is 3.27. The Bertz CT molecular complexity index is 459. The second-order valence-electron chi connectivity index (χ2n) is 4.84. The molecule has 0 saturated carbocycles. The van der Waals surface area contributed by atoms with Gasteiger partial charge in [0.05, 0.1) is 21.9 Å². The van der Waals surface area contributed by atoms with Crippen molar-refractivity contribution in [3.05, 3.63) is 41.7 Å². The van der Waals surface area contributed by atoms with E-state index in [2.05, 4.69) is 6.92 Å². The fourth-order valence-electron chi connectivity index (χ4n) is 2.15. The zero-order valence-electron chi connectivity index (χ0n) is 11.1. The lowest BCUT2D eigenvalue weighted by Crippen LogP contribution is -2.18. The van der Waals surface area contributed by atoms with Crippen LogP contribution in [0.25, 0.3) is 0 Å². The Morgan fingerprint density at radius 1 is 1.32 bits per heavy atom. The van der Waals surface area contributed by atoms with Gasteiger partial charge in [-0.05, 0) is 43.0 Å². The lowest BCUT2D eigenvalue weighted by Gasteiger charge is -2.22. The van der Waals surface area contributed by atoms with Crippen LogP contribution in [-0.2, 0) is 4.74 Å². The van der Waals surface area contributed by atoms with Gasteiger partial charge in [-0.3, -0.25) is 0 Å². The van der Waals surface area contributed by atoms with Gasteiger partial charge in [0.1, 0.15) is 0 Å². The van der Waals surface area contributed by atoms with Gasteiger partial charge < -0.3 is 4.74 Å². The summed E-state index contributed by atoms with van der Waals surface area (Å²) < 4.78 is 31.5. The summed E-state index contributed by atoms with van der Waals surface area (Å²) in [6.07, 6.45) is 6.61. The molecule has 0 saturated heterocycles. The predicted octanol–water partition coefficient (Wildman–Crippen LogP) is 3.58. The highest BCUT2D eigenvalue weighted by Gasteiger charge is 2.14. The molecule has 1 unspecified atom stereocenters. The second-order valence-corrected chi connectivity index (χ2v) is 6.13. The minimum Gasteiger partial charge on any atom is -0.498 e. The summed E-state index contributed by atoms with van der Waals surface area (Å²) in [6, 6.07) is 5.02. The summed E-state index contributed by atoms with van der Waals surface area (Å²) in [5.74, 6) is -1.54. The zero-order chi connectivity index (χ0) is 13.7. The van der Waals surface area contributed by atoms with Crippen molar-refractivity contribution in [1.82, 2.24) is 0 Å². The van der Waals surface area contributed by atoms with Crippen LogP contribution in [0.15, 0.2) is 30.0 Å². The molecule has 2 rings (SSSR count). The highest BCUT2D eigenvalue weighted by molar-refractivity contribution is 6.54. The number of ether oxygens (including phenoxy) is 1. The molecule has 0 spiro atoms. The van der Waals surface area contributed by atoms with E-state index in [-0.39, 0.29) is 0 Å². The summed E-state index contributed by atoms with van der Waals surface area (Å²) in [5, 5.41) is 0.857. The van der Waals surface area contributed by atoms with E-state index in [1.165, 1.54) is 17.7 Å². The van der Waals surface area contributed by atoms with Crippen LogP contribution >= 0.6 is 0 Å². The Balaban J connectivity index is 1.84. The third-order valence-corrected chi connectivity index (χ3v) is 4.61. The molecule has 19 heavy (non-hydrogen) atoms. The van der Waals surface area contributed by atoms with E-state index >= 15 is 0 Å². The molecule has 0 aliphatic carbocycles. The van der Waals surface area contributed by atoms with Crippen molar-refractivity contribution in [2.45, 2.75) is 44.8 Å². The van der Waals surface area contributed by atoms with Crippen LogP contribution in [0.2, 0.25) is 6.04 Å². The largest absolute Gasteiger partial charge is 0.498 e. The van der Waals surface area contributed by atoms with E-state index in [9.17, 15) is 8.78 Å². The Labute approximate surface area is 115 Å². The Morgan fingerprint density at radius 2 is 2.16 bits per heavy atom. The average Bonchev–Trinajstić information content (AvgIpc) is 2.42. The monoisotopic (exact) mass is 280 g/mol. The smallest absolute Gasteiger partial charge is 0.158 e. The third-order valence-electron chi connectivity index (χ3n) is 3.26. The molecule has 1 aromatic carbocycles. The zero-order valence-corrected chi connectivity index (χ0v) is 12.1. The maximum absolute atomic E-state index is 13.1. The first kappa shape index (κ1) is 14.3. The Hall–Kier alpha value is -1.16. The molecule has 1 heterocycles. The normalized spacial score (nSPS) is 18.9. The molecule has 1 aliphatic heterocycles. The first-order valence-electron chi connectivity index (χ1n) is 6.71. The summed E-state index contributed by atoms with van der Waals surface area (Å²) >= 11 is 0. The molecule has 4 heteroatoms. The molecule has 1 aliphatic rings. The van der Waals surface area contributed by atoms with Crippen LogP contribution in [0.4, 0.5) is 8.78 Å². The van der Waals surface area contributed by atoms with Crippen molar-refractivity contribution in [1.29, 1.82) is 0 Å². The molecule has 102 valence electrons.